The summed E-state index contributed by atoms with van der Waals surface area (Å²) in [5.41, 5.74) is 6.06. The van der Waals surface area contributed by atoms with Crippen LogP contribution in [0.25, 0.3) is 0 Å². The predicted molar refractivity (Wildman–Crippen MR) is 59.2 cm³/mol. The first kappa shape index (κ1) is 11.1. The van der Waals surface area contributed by atoms with Gasteiger partial charge in [-0.3, -0.25) is 0 Å². The van der Waals surface area contributed by atoms with Crippen LogP contribution >= 0.6 is 31.9 Å². The lowest BCUT2D eigenvalue weighted by Crippen LogP contribution is -2.02. The van der Waals surface area contributed by atoms with Crippen LogP contribution in [0.2, 0.25) is 0 Å². The van der Waals surface area contributed by atoms with Crippen LogP contribution in [-0.2, 0) is 6.42 Å². The second kappa shape index (κ2) is 5.08. The average molecular weight is 311 g/mol. The van der Waals surface area contributed by atoms with E-state index in [1.165, 1.54) is 6.07 Å². The van der Waals surface area contributed by atoms with E-state index in [4.69, 9.17) is 5.73 Å². The molecule has 1 rings (SSSR count). The molecule has 0 unspecified atom stereocenters. The van der Waals surface area contributed by atoms with Crippen LogP contribution < -0.4 is 5.73 Å². The van der Waals surface area contributed by atoms with Gasteiger partial charge in [0.15, 0.2) is 0 Å². The van der Waals surface area contributed by atoms with E-state index in [-0.39, 0.29) is 5.82 Å². The van der Waals surface area contributed by atoms with Gasteiger partial charge in [0.1, 0.15) is 5.82 Å². The first-order valence-corrected chi connectivity index (χ1v) is 5.57. The van der Waals surface area contributed by atoms with Gasteiger partial charge < -0.3 is 5.73 Å². The molecule has 0 aliphatic rings. The Balaban J connectivity index is 2.92. The van der Waals surface area contributed by atoms with Gasteiger partial charge in [0.2, 0.25) is 0 Å². The molecule has 0 atom stereocenters. The van der Waals surface area contributed by atoms with Crippen molar-refractivity contribution in [3.8, 4) is 0 Å². The Kier molecular flexibility index (Phi) is 4.35. The summed E-state index contributed by atoms with van der Waals surface area (Å²) < 4.78 is 14.9. The minimum Gasteiger partial charge on any atom is -0.330 e. The second-order valence-electron chi connectivity index (χ2n) is 2.74. The van der Waals surface area contributed by atoms with Gasteiger partial charge in [-0.2, -0.15) is 0 Å². The molecular weight excluding hydrogens is 301 g/mol. The van der Waals surface area contributed by atoms with E-state index in [0.717, 1.165) is 15.4 Å². The third-order valence-electron chi connectivity index (χ3n) is 1.74. The Bertz CT molecular complexity index is 279. The Morgan fingerprint density at radius 1 is 1.31 bits per heavy atom. The summed E-state index contributed by atoms with van der Waals surface area (Å²) in [5.74, 6) is -0.185. The van der Waals surface area contributed by atoms with Crippen LogP contribution in [0.4, 0.5) is 4.39 Å². The van der Waals surface area contributed by atoms with E-state index >= 15 is 0 Å². The smallest absolute Gasteiger partial charge is 0.128 e. The van der Waals surface area contributed by atoms with Crippen molar-refractivity contribution < 1.29 is 4.39 Å². The SMILES string of the molecule is NCCCc1c(F)cc(Br)cc1Br. The summed E-state index contributed by atoms with van der Waals surface area (Å²) in [6.07, 6.45) is 1.48. The molecule has 4 heteroatoms. The fraction of sp³-hybridized carbons (Fsp3) is 0.333. The van der Waals surface area contributed by atoms with Gasteiger partial charge in [0, 0.05) is 14.5 Å². The van der Waals surface area contributed by atoms with Gasteiger partial charge in [-0.25, -0.2) is 4.39 Å². The zero-order chi connectivity index (χ0) is 9.84. The highest BCUT2D eigenvalue weighted by molar-refractivity contribution is 9.11. The van der Waals surface area contributed by atoms with Crippen molar-refractivity contribution in [1.29, 1.82) is 0 Å². The molecule has 72 valence electrons. The molecule has 0 fully saturated rings. The van der Waals surface area contributed by atoms with Crippen molar-refractivity contribution >= 4 is 31.9 Å². The van der Waals surface area contributed by atoms with Crippen LogP contribution in [0.5, 0.6) is 0 Å². The summed E-state index contributed by atoms with van der Waals surface area (Å²) >= 11 is 6.54. The molecule has 0 heterocycles. The topological polar surface area (TPSA) is 26.0 Å². The van der Waals surface area contributed by atoms with E-state index in [1.54, 1.807) is 0 Å². The fourth-order valence-corrected chi connectivity index (χ4v) is 2.46. The quantitative estimate of drug-likeness (QED) is 0.911. The summed E-state index contributed by atoms with van der Waals surface area (Å²) in [7, 11) is 0. The van der Waals surface area contributed by atoms with E-state index in [9.17, 15) is 4.39 Å². The maximum absolute atomic E-state index is 13.3. The second-order valence-corrected chi connectivity index (χ2v) is 4.51. The van der Waals surface area contributed by atoms with Gasteiger partial charge in [-0.15, -0.1) is 0 Å². The van der Waals surface area contributed by atoms with Crippen molar-refractivity contribution in [2.45, 2.75) is 12.8 Å². The maximum Gasteiger partial charge on any atom is 0.128 e. The molecule has 0 aromatic heterocycles. The van der Waals surface area contributed by atoms with E-state index in [2.05, 4.69) is 31.9 Å². The Morgan fingerprint density at radius 3 is 2.54 bits per heavy atom. The Labute approximate surface area is 93.8 Å². The number of hydrogen-bond donors (Lipinski definition) is 1. The zero-order valence-electron chi connectivity index (χ0n) is 6.99. The number of hydrogen-bond acceptors (Lipinski definition) is 1. The molecular formula is C9H10Br2FN. The summed E-state index contributed by atoms with van der Waals surface area (Å²) in [4.78, 5) is 0. The Hall–Kier alpha value is 0.0700. The molecule has 0 aliphatic carbocycles. The van der Waals surface area contributed by atoms with Crippen molar-refractivity contribution in [2.24, 2.45) is 5.73 Å². The number of rotatable bonds is 3. The summed E-state index contributed by atoms with van der Waals surface area (Å²) in [6, 6.07) is 3.31. The minimum atomic E-state index is -0.185. The first-order valence-electron chi connectivity index (χ1n) is 3.98. The molecule has 0 bridgehead atoms. The molecule has 0 amide bonds. The molecule has 1 aromatic carbocycles. The lowest BCUT2D eigenvalue weighted by molar-refractivity contribution is 0.602. The predicted octanol–water partition coefficient (Wildman–Crippen LogP) is 3.24. The van der Waals surface area contributed by atoms with Crippen molar-refractivity contribution in [3.05, 3.63) is 32.5 Å². The highest BCUT2D eigenvalue weighted by Crippen LogP contribution is 2.25. The van der Waals surface area contributed by atoms with Crippen LogP contribution in [-0.4, -0.2) is 6.54 Å². The van der Waals surface area contributed by atoms with Gasteiger partial charge in [0.05, 0.1) is 0 Å². The monoisotopic (exact) mass is 309 g/mol. The summed E-state index contributed by atoms with van der Waals surface area (Å²) in [6.45, 7) is 0.585. The van der Waals surface area contributed by atoms with Crippen molar-refractivity contribution in [2.75, 3.05) is 6.54 Å². The normalized spacial score (nSPS) is 10.5. The highest BCUT2D eigenvalue weighted by Gasteiger charge is 2.07. The van der Waals surface area contributed by atoms with Gasteiger partial charge in [-0.1, -0.05) is 31.9 Å². The average Bonchev–Trinajstić information content (AvgIpc) is 2.02. The molecule has 0 spiro atoms. The summed E-state index contributed by atoms with van der Waals surface area (Å²) in [5, 5.41) is 0. The molecule has 0 radical (unpaired) electrons. The van der Waals surface area contributed by atoms with Crippen molar-refractivity contribution in [3.63, 3.8) is 0 Å². The van der Waals surface area contributed by atoms with Crippen LogP contribution in [0, 0.1) is 5.82 Å². The van der Waals surface area contributed by atoms with Crippen molar-refractivity contribution in [1.82, 2.24) is 0 Å². The molecule has 0 saturated carbocycles. The first-order chi connectivity index (χ1) is 6.15. The standard InChI is InChI=1S/C9H10Br2FN/c10-6-4-8(11)7(2-1-3-13)9(12)5-6/h4-5H,1-3,13H2. The highest BCUT2D eigenvalue weighted by atomic mass is 79.9. The molecule has 1 nitrogen and oxygen atoms in total. The number of nitrogens with two attached hydrogens (primary N) is 1. The molecule has 1 aromatic rings. The van der Waals surface area contributed by atoms with E-state index in [0.29, 0.717) is 18.5 Å². The Morgan fingerprint density at radius 2 is 2.00 bits per heavy atom. The maximum atomic E-state index is 13.3. The van der Waals surface area contributed by atoms with Crippen LogP contribution in [0.3, 0.4) is 0 Å². The van der Waals surface area contributed by atoms with E-state index < -0.39 is 0 Å². The van der Waals surface area contributed by atoms with Gasteiger partial charge in [0.25, 0.3) is 0 Å². The van der Waals surface area contributed by atoms with Crippen LogP contribution in [0.1, 0.15) is 12.0 Å². The molecule has 13 heavy (non-hydrogen) atoms. The molecule has 0 saturated heterocycles. The molecule has 0 aliphatic heterocycles. The van der Waals surface area contributed by atoms with Crippen LogP contribution in [0.15, 0.2) is 21.1 Å². The third kappa shape index (κ3) is 3.04. The number of benzene rings is 1. The molecule has 2 N–H and O–H groups in total. The zero-order valence-corrected chi connectivity index (χ0v) is 10.2. The number of halogens is 3. The fourth-order valence-electron chi connectivity index (χ4n) is 1.09. The van der Waals surface area contributed by atoms with E-state index in [1.807, 2.05) is 6.07 Å². The van der Waals surface area contributed by atoms with Gasteiger partial charge in [-0.05, 0) is 31.5 Å². The van der Waals surface area contributed by atoms with Gasteiger partial charge >= 0.3 is 0 Å². The lowest BCUT2D eigenvalue weighted by Gasteiger charge is -2.05. The third-order valence-corrected chi connectivity index (χ3v) is 2.90. The lowest BCUT2D eigenvalue weighted by atomic mass is 10.1. The minimum absolute atomic E-state index is 0.185. The largest absolute Gasteiger partial charge is 0.330 e.